The van der Waals surface area contributed by atoms with Crippen molar-refractivity contribution in [2.45, 2.75) is 12.8 Å². The van der Waals surface area contributed by atoms with Gasteiger partial charge in [-0.3, -0.25) is 4.79 Å². The summed E-state index contributed by atoms with van der Waals surface area (Å²) in [5, 5.41) is 15.0. The fraction of sp³-hybridized carbons (Fsp3) is 0.353. The standard InChI is InChI=1S/C17H20Cl2N4O2/c1-25-10-2-8-20-16-6-5-15(22-23-16)17(24)21-9-7-12-3-4-13(18)11-14(12)19/h3-6,11H,2,7-10H2,1H3,(H,20,23)(H,21,24). The molecule has 0 radical (unpaired) electrons. The summed E-state index contributed by atoms with van der Waals surface area (Å²) < 4.78 is 4.97. The Balaban J connectivity index is 1.78. The van der Waals surface area contributed by atoms with E-state index >= 15 is 0 Å². The van der Waals surface area contributed by atoms with Crippen molar-refractivity contribution in [3.63, 3.8) is 0 Å². The van der Waals surface area contributed by atoms with Gasteiger partial charge in [-0.05, 0) is 42.7 Å². The summed E-state index contributed by atoms with van der Waals surface area (Å²) in [5.74, 6) is 0.351. The van der Waals surface area contributed by atoms with Crippen LogP contribution in [0.25, 0.3) is 0 Å². The van der Waals surface area contributed by atoms with Crippen molar-refractivity contribution >= 4 is 34.9 Å². The lowest BCUT2D eigenvalue weighted by molar-refractivity contribution is 0.0948. The molecule has 0 saturated heterocycles. The first-order chi connectivity index (χ1) is 12.1. The van der Waals surface area contributed by atoms with Crippen molar-refractivity contribution in [3.8, 4) is 0 Å². The second-order valence-corrected chi connectivity index (χ2v) is 6.16. The molecule has 0 aliphatic heterocycles. The molecule has 0 unspecified atom stereocenters. The minimum atomic E-state index is -0.275. The average molecular weight is 383 g/mol. The van der Waals surface area contributed by atoms with Gasteiger partial charge in [-0.1, -0.05) is 29.3 Å². The number of hydrogen-bond acceptors (Lipinski definition) is 5. The number of benzene rings is 1. The van der Waals surface area contributed by atoms with E-state index in [1.807, 2.05) is 6.07 Å². The van der Waals surface area contributed by atoms with Crippen LogP contribution in [-0.2, 0) is 11.2 Å². The van der Waals surface area contributed by atoms with Crippen molar-refractivity contribution in [1.82, 2.24) is 15.5 Å². The van der Waals surface area contributed by atoms with Crippen molar-refractivity contribution in [3.05, 3.63) is 51.6 Å². The second kappa shape index (κ2) is 10.2. The predicted molar refractivity (Wildman–Crippen MR) is 99.5 cm³/mol. The van der Waals surface area contributed by atoms with Crippen LogP contribution in [-0.4, -0.2) is 42.9 Å². The average Bonchev–Trinajstić information content (AvgIpc) is 2.61. The molecule has 1 aromatic carbocycles. The SMILES string of the molecule is COCCCNc1ccc(C(=O)NCCc2ccc(Cl)cc2Cl)nn1. The highest BCUT2D eigenvalue weighted by molar-refractivity contribution is 6.35. The van der Waals surface area contributed by atoms with Crippen LogP contribution >= 0.6 is 23.2 Å². The number of halogens is 2. The molecule has 1 heterocycles. The molecule has 6 nitrogen and oxygen atoms in total. The van der Waals surface area contributed by atoms with Gasteiger partial charge >= 0.3 is 0 Å². The van der Waals surface area contributed by atoms with Gasteiger partial charge in [0, 0.05) is 36.9 Å². The lowest BCUT2D eigenvalue weighted by Gasteiger charge is -2.07. The van der Waals surface area contributed by atoms with Gasteiger partial charge in [0.2, 0.25) is 0 Å². The third kappa shape index (κ3) is 6.49. The number of methoxy groups -OCH3 is 1. The summed E-state index contributed by atoms with van der Waals surface area (Å²) in [7, 11) is 1.66. The largest absolute Gasteiger partial charge is 0.385 e. The number of hydrogen-bond donors (Lipinski definition) is 2. The first-order valence-corrected chi connectivity index (χ1v) is 8.64. The molecule has 0 aliphatic carbocycles. The summed E-state index contributed by atoms with van der Waals surface area (Å²) in [4.78, 5) is 12.1. The zero-order valence-electron chi connectivity index (χ0n) is 13.9. The van der Waals surface area contributed by atoms with E-state index in [1.54, 1.807) is 31.4 Å². The fourth-order valence-corrected chi connectivity index (χ4v) is 2.61. The first kappa shape index (κ1) is 19.4. The third-order valence-electron chi connectivity index (χ3n) is 3.42. The van der Waals surface area contributed by atoms with Crippen LogP contribution in [0.2, 0.25) is 10.0 Å². The Labute approximate surface area is 156 Å². The van der Waals surface area contributed by atoms with Crippen LogP contribution < -0.4 is 10.6 Å². The van der Waals surface area contributed by atoms with E-state index < -0.39 is 0 Å². The Morgan fingerprint density at radius 2 is 2.00 bits per heavy atom. The van der Waals surface area contributed by atoms with Gasteiger partial charge in [-0.25, -0.2) is 0 Å². The summed E-state index contributed by atoms with van der Waals surface area (Å²) in [6, 6.07) is 8.67. The van der Waals surface area contributed by atoms with Gasteiger partial charge in [0.05, 0.1) is 0 Å². The number of anilines is 1. The normalized spacial score (nSPS) is 10.5. The van der Waals surface area contributed by atoms with E-state index in [4.69, 9.17) is 27.9 Å². The Kier molecular flexibility index (Phi) is 7.91. The highest BCUT2D eigenvalue weighted by Crippen LogP contribution is 2.21. The number of amides is 1. The number of ether oxygens (including phenoxy) is 1. The lowest BCUT2D eigenvalue weighted by atomic mass is 10.1. The molecular formula is C17H20Cl2N4O2. The van der Waals surface area contributed by atoms with Crippen LogP contribution in [0.3, 0.4) is 0 Å². The van der Waals surface area contributed by atoms with Crippen molar-refractivity contribution in [2.24, 2.45) is 0 Å². The Morgan fingerprint density at radius 3 is 2.68 bits per heavy atom. The summed E-state index contributed by atoms with van der Waals surface area (Å²) in [6.07, 6.45) is 1.47. The zero-order chi connectivity index (χ0) is 18.1. The summed E-state index contributed by atoms with van der Waals surface area (Å²) in [5.41, 5.74) is 1.19. The molecule has 0 saturated carbocycles. The molecular weight excluding hydrogens is 363 g/mol. The number of nitrogens with one attached hydrogen (secondary N) is 2. The lowest BCUT2D eigenvalue weighted by Crippen LogP contribution is -2.27. The molecule has 25 heavy (non-hydrogen) atoms. The maximum atomic E-state index is 12.1. The third-order valence-corrected chi connectivity index (χ3v) is 4.01. The minimum absolute atomic E-state index is 0.268. The number of aromatic nitrogens is 2. The second-order valence-electron chi connectivity index (χ2n) is 5.32. The van der Waals surface area contributed by atoms with Gasteiger partial charge in [0.15, 0.2) is 5.69 Å². The Bertz CT molecular complexity index is 696. The van der Waals surface area contributed by atoms with Gasteiger partial charge in [-0.2, -0.15) is 0 Å². The van der Waals surface area contributed by atoms with Crippen LogP contribution in [0.4, 0.5) is 5.82 Å². The molecule has 1 amide bonds. The molecule has 0 bridgehead atoms. The molecule has 2 aromatic rings. The molecule has 0 spiro atoms. The molecule has 0 fully saturated rings. The quantitative estimate of drug-likeness (QED) is 0.651. The molecule has 0 aliphatic rings. The molecule has 0 atom stereocenters. The molecule has 134 valence electrons. The topological polar surface area (TPSA) is 76.1 Å². The number of rotatable bonds is 9. The minimum Gasteiger partial charge on any atom is -0.385 e. The van der Waals surface area contributed by atoms with Gasteiger partial charge in [-0.15, -0.1) is 10.2 Å². The molecule has 2 N–H and O–H groups in total. The van der Waals surface area contributed by atoms with Crippen molar-refractivity contribution in [2.75, 3.05) is 32.1 Å². The van der Waals surface area contributed by atoms with Gasteiger partial charge in [0.1, 0.15) is 5.82 Å². The number of carbonyl (C=O) groups is 1. The van der Waals surface area contributed by atoms with Crippen LogP contribution in [0.5, 0.6) is 0 Å². The molecule has 2 rings (SSSR count). The maximum absolute atomic E-state index is 12.1. The van der Waals surface area contributed by atoms with Crippen LogP contribution in [0.15, 0.2) is 30.3 Å². The predicted octanol–water partition coefficient (Wildman–Crippen LogP) is 3.20. The van der Waals surface area contributed by atoms with E-state index in [0.29, 0.717) is 35.4 Å². The van der Waals surface area contributed by atoms with Crippen molar-refractivity contribution in [1.29, 1.82) is 0 Å². The number of nitrogens with zero attached hydrogens (tertiary/aromatic N) is 2. The van der Waals surface area contributed by atoms with E-state index in [1.165, 1.54) is 0 Å². The maximum Gasteiger partial charge on any atom is 0.271 e. The highest BCUT2D eigenvalue weighted by atomic mass is 35.5. The van der Waals surface area contributed by atoms with E-state index in [0.717, 1.165) is 18.5 Å². The van der Waals surface area contributed by atoms with Crippen molar-refractivity contribution < 1.29 is 9.53 Å². The Hall–Kier alpha value is -1.89. The summed E-state index contributed by atoms with van der Waals surface area (Å²) >= 11 is 12.0. The van der Waals surface area contributed by atoms with E-state index in [9.17, 15) is 4.79 Å². The summed E-state index contributed by atoms with van der Waals surface area (Å²) in [6.45, 7) is 1.85. The fourth-order valence-electron chi connectivity index (χ4n) is 2.11. The van der Waals surface area contributed by atoms with Gasteiger partial charge < -0.3 is 15.4 Å². The van der Waals surface area contributed by atoms with Crippen LogP contribution in [0, 0.1) is 0 Å². The Morgan fingerprint density at radius 1 is 1.16 bits per heavy atom. The zero-order valence-corrected chi connectivity index (χ0v) is 15.4. The molecule has 8 heteroatoms. The molecule has 1 aromatic heterocycles. The first-order valence-electron chi connectivity index (χ1n) is 7.89. The highest BCUT2D eigenvalue weighted by Gasteiger charge is 2.08. The van der Waals surface area contributed by atoms with E-state index in [-0.39, 0.29) is 11.6 Å². The smallest absolute Gasteiger partial charge is 0.271 e. The van der Waals surface area contributed by atoms with Gasteiger partial charge in [0.25, 0.3) is 5.91 Å². The number of carbonyl (C=O) groups excluding carboxylic acids is 1. The van der Waals surface area contributed by atoms with E-state index in [2.05, 4.69) is 20.8 Å². The van der Waals surface area contributed by atoms with Crippen LogP contribution in [0.1, 0.15) is 22.5 Å². The monoisotopic (exact) mass is 382 g/mol.